The van der Waals surface area contributed by atoms with Crippen molar-refractivity contribution in [1.82, 2.24) is 0 Å². The summed E-state index contributed by atoms with van der Waals surface area (Å²) < 4.78 is 0. The molecule has 0 saturated heterocycles. The van der Waals surface area contributed by atoms with E-state index in [2.05, 4.69) is 20.9 Å². The zero-order valence-corrected chi connectivity index (χ0v) is 8.39. The van der Waals surface area contributed by atoms with Crippen LogP contribution in [0.25, 0.3) is 0 Å². The predicted molar refractivity (Wildman–Crippen MR) is 36.9 cm³/mol. The maximum absolute atomic E-state index is 3.37. The fraction of sp³-hybridized carbons (Fsp3) is 1.00. The molecule has 0 aliphatic rings. The molecule has 0 nitrogen and oxygen atoms in total. The molecular formula is C2H7AsBr2. The minimum atomic E-state index is 0. The molecule has 1 atom stereocenters. The van der Waals surface area contributed by atoms with Gasteiger partial charge in [0.2, 0.25) is 0 Å². The van der Waals surface area contributed by atoms with Crippen molar-refractivity contribution < 1.29 is 0 Å². The molecule has 0 radical (unpaired) electrons. The maximum atomic E-state index is 3.37. The number of rotatable bonds is 1. The molecule has 0 amide bonds. The summed E-state index contributed by atoms with van der Waals surface area (Å²) >= 11 is 3.70. The summed E-state index contributed by atoms with van der Waals surface area (Å²) in [6.07, 6.45) is 0. The zero-order valence-electron chi connectivity index (χ0n) is 2.99. The molecule has 0 aliphatic heterocycles. The fourth-order valence-corrected chi connectivity index (χ4v) is 0. The first kappa shape index (κ1) is 9.72. The molecule has 0 spiro atoms. The molecule has 0 aromatic carbocycles. The molecule has 0 saturated carbocycles. The van der Waals surface area contributed by atoms with Crippen LogP contribution in [0.15, 0.2) is 0 Å². The first-order chi connectivity index (χ1) is 1.91. The third kappa shape index (κ3) is 10.8. The van der Waals surface area contributed by atoms with Gasteiger partial charge < -0.3 is 0 Å². The quantitative estimate of drug-likeness (QED) is 0.634. The van der Waals surface area contributed by atoms with E-state index in [1.54, 1.807) is 0 Å². The van der Waals surface area contributed by atoms with Crippen LogP contribution in [0.3, 0.4) is 0 Å². The van der Waals surface area contributed by atoms with E-state index < -0.39 is 0 Å². The molecule has 3 heteroatoms. The van der Waals surface area contributed by atoms with Crippen molar-refractivity contribution in [3.63, 3.8) is 0 Å². The van der Waals surface area contributed by atoms with Crippen LogP contribution in [0.2, 0.25) is 5.21 Å². The van der Waals surface area contributed by atoms with Crippen LogP contribution in [0.1, 0.15) is 6.92 Å². The third-order valence-corrected chi connectivity index (χ3v) is 3.61. The van der Waals surface area contributed by atoms with Gasteiger partial charge in [0.15, 0.2) is 0 Å². The van der Waals surface area contributed by atoms with Gasteiger partial charge in [-0.1, -0.05) is 0 Å². The number of hydrogen-bond acceptors (Lipinski definition) is 0. The van der Waals surface area contributed by atoms with Gasteiger partial charge in [0.05, 0.1) is 0 Å². The van der Waals surface area contributed by atoms with E-state index in [0.717, 1.165) is 0 Å². The summed E-state index contributed by atoms with van der Waals surface area (Å²) in [6, 6.07) is 0. The average Bonchev–Trinajstić information content (AvgIpc) is 1.37. The van der Waals surface area contributed by atoms with Crippen LogP contribution < -0.4 is 0 Å². The van der Waals surface area contributed by atoms with E-state index in [9.17, 15) is 0 Å². The molecular weight excluding hydrogens is 259 g/mol. The monoisotopic (exact) mass is 264 g/mol. The van der Waals surface area contributed by atoms with Gasteiger partial charge in [-0.15, -0.1) is 17.0 Å². The van der Waals surface area contributed by atoms with E-state index in [4.69, 9.17) is 0 Å². The molecule has 34 valence electrons. The Hall–Kier alpha value is 1.52. The molecule has 0 N–H and O–H groups in total. The van der Waals surface area contributed by atoms with Crippen LogP contribution >= 0.6 is 30.9 Å². The van der Waals surface area contributed by atoms with Gasteiger partial charge in [-0.25, -0.2) is 0 Å². The van der Waals surface area contributed by atoms with Crippen LogP contribution in [0.4, 0.5) is 0 Å². The zero-order chi connectivity index (χ0) is 3.41. The SMILES string of the molecule is Br.CC[AsH]Br. The number of hydrogen-bond donors (Lipinski definition) is 0. The second-order valence-electron chi connectivity index (χ2n) is 0.487. The summed E-state index contributed by atoms with van der Waals surface area (Å²) in [5, 5.41) is 1.36. The Morgan fingerprint density at radius 3 is 2.00 bits per heavy atom. The topological polar surface area (TPSA) is 0 Å². The summed E-state index contributed by atoms with van der Waals surface area (Å²) in [4.78, 5) is 0. The van der Waals surface area contributed by atoms with Crippen LogP contribution in [-0.4, -0.2) is 13.9 Å². The van der Waals surface area contributed by atoms with E-state index in [1.807, 2.05) is 0 Å². The minimum absolute atomic E-state index is 0. The van der Waals surface area contributed by atoms with Gasteiger partial charge in [0.1, 0.15) is 0 Å². The summed E-state index contributed by atoms with van der Waals surface area (Å²) in [5.74, 6) is 0. The first-order valence-electron chi connectivity index (χ1n) is 1.25. The van der Waals surface area contributed by atoms with Gasteiger partial charge in [-0.3, -0.25) is 0 Å². The van der Waals surface area contributed by atoms with Gasteiger partial charge >= 0.3 is 40.0 Å². The summed E-state index contributed by atoms with van der Waals surface area (Å²) in [6.45, 7) is 2.19. The molecule has 0 fully saturated rings. The second kappa shape index (κ2) is 9.10. The van der Waals surface area contributed by atoms with E-state index >= 15 is 0 Å². The van der Waals surface area contributed by atoms with Gasteiger partial charge in [-0.05, 0) is 0 Å². The van der Waals surface area contributed by atoms with E-state index in [0.29, 0.717) is 13.9 Å². The van der Waals surface area contributed by atoms with E-state index in [1.165, 1.54) is 5.21 Å². The average molecular weight is 266 g/mol. The Morgan fingerprint density at radius 1 is 1.80 bits per heavy atom. The van der Waals surface area contributed by atoms with Crippen LogP contribution in [0, 0.1) is 0 Å². The predicted octanol–water partition coefficient (Wildman–Crippen LogP) is 1.75. The molecule has 0 bridgehead atoms. The molecule has 0 aromatic heterocycles. The molecule has 1 unspecified atom stereocenters. The first-order valence-corrected chi connectivity index (χ1v) is 7.65. The second-order valence-corrected chi connectivity index (χ2v) is 5.45. The van der Waals surface area contributed by atoms with Gasteiger partial charge in [0.25, 0.3) is 0 Å². The van der Waals surface area contributed by atoms with Crippen molar-refractivity contribution >= 4 is 44.8 Å². The van der Waals surface area contributed by atoms with Crippen molar-refractivity contribution in [2.45, 2.75) is 12.1 Å². The molecule has 0 aliphatic carbocycles. The Morgan fingerprint density at radius 2 is 2.00 bits per heavy atom. The van der Waals surface area contributed by atoms with E-state index in [-0.39, 0.29) is 17.0 Å². The third-order valence-electron chi connectivity index (χ3n) is 0.134. The fourth-order valence-electron chi connectivity index (χ4n) is 0. The van der Waals surface area contributed by atoms with Crippen molar-refractivity contribution in [3.8, 4) is 0 Å². The summed E-state index contributed by atoms with van der Waals surface area (Å²) in [7, 11) is 0. The van der Waals surface area contributed by atoms with Crippen molar-refractivity contribution in [1.29, 1.82) is 0 Å². The Balaban J connectivity index is 0. The Bertz CT molecular complexity index is 9.61. The molecule has 5 heavy (non-hydrogen) atoms. The summed E-state index contributed by atoms with van der Waals surface area (Å²) in [5.41, 5.74) is 0. The Labute approximate surface area is 56.7 Å². The molecule has 0 rings (SSSR count). The molecule has 0 aromatic rings. The Kier molecular flexibility index (Phi) is 17.7. The molecule has 0 heterocycles. The van der Waals surface area contributed by atoms with Crippen LogP contribution in [0.5, 0.6) is 0 Å². The standard InChI is InChI=1S/C2H6AsBr.BrH/c1-2-3-4;/h3H,2H2,1H3;1H. The van der Waals surface area contributed by atoms with Gasteiger partial charge in [-0.2, -0.15) is 0 Å². The van der Waals surface area contributed by atoms with Crippen molar-refractivity contribution in [3.05, 3.63) is 0 Å². The van der Waals surface area contributed by atoms with Gasteiger partial charge in [0, 0.05) is 0 Å². The van der Waals surface area contributed by atoms with Crippen LogP contribution in [-0.2, 0) is 0 Å². The van der Waals surface area contributed by atoms with Crippen molar-refractivity contribution in [2.75, 3.05) is 0 Å². The van der Waals surface area contributed by atoms with Crippen molar-refractivity contribution in [2.24, 2.45) is 0 Å². The normalized spacial score (nSPS) is 8.40. The number of halogens is 2.